The number of nitro benzene ring substituents is 1. The Hall–Kier alpha value is -3.49. The van der Waals surface area contributed by atoms with Crippen molar-refractivity contribution < 1.29 is 24.0 Å². The van der Waals surface area contributed by atoms with Crippen LogP contribution in [0.25, 0.3) is 0 Å². The highest BCUT2D eigenvalue weighted by molar-refractivity contribution is 5.95. The van der Waals surface area contributed by atoms with Crippen LogP contribution in [0.3, 0.4) is 0 Å². The number of hydrogen-bond acceptors (Lipinski definition) is 6. The van der Waals surface area contributed by atoms with Crippen molar-refractivity contribution in [3.8, 4) is 11.5 Å². The monoisotopic (exact) mass is 333 g/mol. The summed E-state index contributed by atoms with van der Waals surface area (Å²) in [5.74, 6) is -1.55. The van der Waals surface area contributed by atoms with Gasteiger partial charge in [0.2, 0.25) is 0 Å². The highest BCUT2D eigenvalue weighted by atomic mass is 19.1. The molecular formula is C15H12FN3O5. The molecule has 8 nitrogen and oxygen atoms in total. The molecule has 2 aromatic carbocycles. The largest absolute Gasteiger partial charge is 0.504 e. The van der Waals surface area contributed by atoms with Crippen LogP contribution in [-0.4, -0.2) is 29.3 Å². The van der Waals surface area contributed by atoms with E-state index in [1.165, 1.54) is 19.2 Å². The number of nitrogens with zero attached hydrogens (tertiary/aromatic N) is 2. The summed E-state index contributed by atoms with van der Waals surface area (Å²) in [6, 6.07) is 6.92. The van der Waals surface area contributed by atoms with Gasteiger partial charge in [-0.15, -0.1) is 0 Å². The zero-order valence-corrected chi connectivity index (χ0v) is 12.4. The highest BCUT2D eigenvalue weighted by Gasteiger charge is 2.15. The summed E-state index contributed by atoms with van der Waals surface area (Å²) in [4.78, 5) is 22.0. The molecule has 1 amide bonds. The van der Waals surface area contributed by atoms with Gasteiger partial charge in [-0.25, -0.2) is 9.82 Å². The predicted molar refractivity (Wildman–Crippen MR) is 82.8 cm³/mol. The Morgan fingerprint density at radius 3 is 2.62 bits per heavy atom. The minimum Gasteiger partial charge on any atom is -0.504 e. The van der Waals surface area contributed by atoms with Crippen LogP contribution in [0.1, 0.15) is 15.9 Å². The van der Waals surface area contributed by atoms with Gasteiger partial charge in [0.25, 0.3) is 11.6 Å². The topological polar surface area (TPSA) is 114 Å². The number of hydrogen-bond donors (Lipinski definition) is 2. The molecule has 0 spiro atoms. The maximum absolute atomic E-state index is 12.8. The maximum atomic E-state index is 12.8. The number of carbonyl (C=O) groups is 1. The second-order valence-electron chi connectivity index (χ2n) is 4.55. The zero-order chi connectivity index (χ0) is 17.7. The van der Waals surface area contributed by atoms with E-state index < -0.39 is 16.6 Å². The third-order valence-electron chi connectivity index (χ3n) is 3.00. The molecule has 0 atom stereocenters. The second kappa shape index (κ2) is 7.18. The van der Waals surface area contributed by atoms with Crippen LogP contribution in [0.5, 0.6) is 11.5 Å². The average Bonchev–Trinajstić information content (AvgIpc) is 2.56. The van der Waals surface area contributed by atoms with Gasteiger partial charge in [-0.05, 0) is 24.3 Å². The van der Waals surface area contributed by atoms with Gasteiger partial charge >= 0.3 is 0 Å². The minimum atomic E-state index is -0.656. The number of benzene rings is 2. The third kappa shape index (κ3) is 3.83. The van der Waals surface area contributed by atoms with Crippen molar-refractivity contribution >= 4 is 17.8 Å². The van der Waals surface area contributed by atoms with Crippen molar-refractivity contribution in [2.45, 2.75) is 0 Å². The third-order valence-corrected chi connectivity index (χ3v) is 3.00. The van der Waals surface area contributed by atoms with E-state index in [4.69, 9.17) is 4.74 Å². The lowest BCUT2D eigenvalue weighted by atomic mass is 10.1. The van der Waals surface area contributed by atoms with E-state index in [-0.39, 0.29) is 28.3 Å². The molecule has 24 heavy (non-hydrogen) atoms. The van der Waals surface area contributed by atoms with Crippen LogP contribution in [0.4, 0.5) is 10.1 Å². The predicted octanol–water partition coefficient (Wildman–Crippen LogP) is 2.21. The Bertz CT molecular complexity index is 806. The lowest BCUT2D eigenvalue weighted by molar-refractivity contribution is -0.385. The summed E-state index contributed by atoms with van der Waals surface area (Å²) >= 11 is 0. The van der Waals surface area contributed by atoms with Crippen LogP contribution in [0, 0.1) is 15.9 Å². The first-order chi connectivity index (χ1) is 11.4. The minimum absolute atomic E-state index is 0.0135. The molecule has 0 aromatic heterocycles. The molecule has 0 heterocycles. The number of nitrogens with one attached hydrogen (secondary N) is 1. The SMILES string of the molecule is COc1cc([N+](=O)[O-])cc(C=NNC(=O)c2ccc(F)cc2)c1O. The fourth-order valence-electron chi connectivity index (χ4n) is 1.80. The number of phenolic OH excluding ortho intramolecular Hbond substituents is 1. The zero-order valence-electron chi connectivity index (χ0n) is 12.4. The van der Waals surface area contributed by atoms with E-state index in [0.29, 0.717) is 0 Å². The fraction of sp³-hybridized carbons (Fsp3) is 0.0667. The Kier molecular flexibility index (Phi) is 5.05. The first-order valence-corrected chi connectivity index (χ1v) is 6.56. The Morgan fingerprint density at radius 1 is 1.38 bits per heavy atom. The molecule has 0 aliphatic heterocycles. The molecule has 0 aliphatic carbocycles. The van der Waals surface area contributed by atoms with Gasteiger partial charge in [-0.1, -0.05) is 0 Å². The number of methoxy groups -OCH3 is 1. The van der Waals surface area contributed by atoms with Crippen LogP contribution in [0.2, 0.25) is 0 Å². The van der Waals surface area contributed by atoms with Crippen molar-refractivity contribution in [2.24, 2.45) is 5.10 Å². The molecule has 0 saturated carbocycles. The molecule has 2 N–H and O–H groups in total. The first kappa shape index (κ1) is 16.9. The first-order valence-electron chi connectivity index (χ1n) is 6.56. The van der Waals surface area contributed by atoms with Crippen molar-refractivity contribution in [2.75, 3.05) is 7.11 Å². The molecular weight excluding hydrogens is 321 g/mol. The molecule has 0 unspecified atom stereocenters. The number of carbonyl (C=O) groups excluding carboxylic acids is 1. The summed E-state index contributed by atoms with van der Waals surface area (Å²) in [5, 5.41) is 24.4. The van der Waals surface area contributed by atoms with E-state index >= 15 is 0 Å². The van der Waals surface area contributed by atoms with Crippen LogP contribution >= 0.6 is 0 Å². The number of halogens is 1. The number of phenols is 1. The number of hydrazone groups is 1. The van der Waals surface area contributed by atoms with Gasteiger partial charge in [0.1, 0.15) is 5.82 Å². The van der Waals surface area contributed by atoms with Gasteiger partial charge < -0.3 is 9.84 Å². The Morgan fingerprint density at radius 2 is 2.04 bits per heavy atom. The molecule has 9 heteroatoms. The summed E-state index contributed by atoms with van der Waals surface area (Å²) in [5.41, 5.74) is 2.02. The van der Waals surface area contributed by atoms with E-state index in [2.05, 4.69) is 10.5 Å². The van der Waals surface area contributed by atoms with Crippen LogP contribution in [-0.2, 0) is 0 Å². The fourth-order valence-corrected chi connectivity index (χ4v) is 1.80. The number of aromatic hydroxyl groups is 1. The molecule has 2 aromatic rings. The maximum Gasteiger partial charge on any atom is 0.274 e. The molecule has 0 bridgehead atoms. The smallest absolute Gasteiger partial charge is 0.274 e. The highest BCUT2D eigenvalue weighted by Crippen LogP contribution is 2.33. The van der Waals surface area contributed by atoms with Gasteiger partial charge in [0, 0.05) is 17.2 Å². The lowest BCUT2D eigenvalue weighted by Crippen LogP contribution is -2.17. The van der Waals surface area contributed by atoms with Crippen molar-refractivity contribution in [3.05, 3.63) is 63.5 Å². The molecule has 124 valence electrons. The number of amides is 1. The van der Waals surface area contributed by atoms with E-state index in [9.17, 15) is 24.4 Å². The number of ether oxygens (including phenoxy) is 1. The van der Waals surface area contributed by atoms with Crippen LogP contribution in [0.15, 0.2) is 41.5 Å². The number of rotatable bonds is 5. The standard InChI is InChI=1S/C15H12FN3O5/c1-24-13-7-12(19(22)23)6-10(14(13)20)8-17-18-15(21)9-2-4-11(16)5-3-9/h2-8,20H,1H3,(H,18,21). The number of nitro groups is 1. The molecule has 2 rings (SSSR count). The van der Waals surface area contributed by atoms with E-state index in [0.717, 1.165) is 30.5 Å². The molecule has 0 fully saturated rings. The van der Waals surface area contributed by atoms with Gasteiger partial charge in [0.15, 0.2) is 11.5 Å². The van der Waals surface area contributed by atoms with Crippen LogP contribution < -0.4 is 10.2 Å². The lowest BCUT2D eigenvalue weighted by Gasteiger charge is -2.06. The van der Waals surface area contributed by atoms with Gasteiger partial charge in [-0.3, -0.25) is 14.9 Å². The quantitative estimate of drug-likeness (QED) is 0.495. The normalized spacial score (nSPS) is 10.6. The van der Waals surface area contributed by atoms with Gasteiger partial charge in [-0.2, -0.15) is 5.10 Å². The second-order valence-corrected chi connectivity index (χ2v) is 4.55. The number of non-ortho nitro benzene ring substituents is 1. The Labute approximate surface area is 135 Å². The summed E-state index contributed by atoms with van der Waals surface area (Å²) < 4.78 is 17.6. The molecule has 0 aliphatic rings. The van der Waals surface area contributed by atoms with Crippen molar-refractivity contribution in [3.63, 3.8) is 0 Å². The summed E-state index contributed by atoms with van der Waals surface area (Å²) in [6.45, 7) is 0. The van der Waals surface area contributed by atoms with E-state index in [1.54, 1.807) is 0 Å². The van der Waals surface area contributed by atoms with E-state index in [1.807, 2.05) is 0 Å². The van der Waals surface area contributed by atoms with Crippen molar-refractivity contribution in [1.29, 1.82) is 0 Å². The summed E-state index contributed by atoms with van der Waals surface area (Å²) in [7, 11) is 1.25. The van der Waals surface area contributed by atoms with Crippen molar-refractivity contribution in [1.82, 2.24) is 5.43 Å². The van der Waals surface area contributed by atoms with Gasteiger partial charge in [0.05, 0.1) is 24.3 Å². The average molecular weight is 333 g/mol. The molecule has 0 radical (unpaired) electrons. The Balaban J connectivity index is 2.19. The molecule has 0 saturated heterocycles. The summed E-state index contributed by atoms with van der Waals surface area (Å²) in [6.07, 6.45) is 1.03.